The maximum atomic E-state index is 12.1. The van der Waals surface area contributed by atoms with Gasteiger partial charge < -0.3 is 4.57 Å². The summed E-state index contributed by atoms with van der Waals surface area (Å²) < 4.78 is 1.59. The van der Waals surface area contributed by atoms with Gasteiger partial charge >= 0.3 is 0 Å². The normalized spacial score (nSPS) is 11.8. The molecular formula is C12H10N4O. The SMILES string of the molecule is Cn1ccnc1C(=O)[C@H](C#N)c1ccccn1. The Morgan fingerprint density at radius 2 is 2.24 bits per heavy atom. The van der Waals surface area contributed by atoms with E-state index in [4.69, 9.17) is 5.26 Å². The highest BCUT2D eigenvalue weighted by Crippen LogP contribution is 2.16. The van der Waals surface area contributed by atoms with Crippen molar-refractivity contribution in [3.8, 4) is 6.07 Å². The van der Waals surface area contributed by atoms with Crippen LogP contribution in [0.25, 0.3) is 0 Å². The number of rotatable bonds is 3. The predicted octanol–water partition coefficient (Wildman–Crippen LogP) is 1.31. The average Bonchev–Trinajstić information content (AvgIpc) is 2.77. The Morgan fingerprint density at radius 1 is 1.41 bits per heavy atom. The highest BCUT2D eigenvalue weighted by Gasteiger charge is 2.25. The van der Waals surface area contributed by atoms with E-state index in [0.29, 0.717) is 5.69 Å². The lowest BCUT2D eigenvalue weighted by Crippen LogP contribution is -2.16. The van der Waals surface area contributed by atoms with Gasteiger partial charge in [-0.2, -0.15) is 5.26 Å². The van der Waals surface area contributed by atoms with Crippen molar-refractivity contribution in [2.45, 2.75) is 5.92 Å². The number of hydrogen-bond acceptors (Lipinski definition) is 4. The summed E-state index contributed by atoms with van der Waals surface area (Å²) in [6.45, 7) is 0. The van der Waals surface area contributed by atoms with E-state index in [2.05, 4.69) is 9.97 Å². The van der Waals surface area contributed by atoms with Crippen LogP contribution >= 0.6 is 0 Å². The number of nitrogens with zero attached hydrogens (tertiary/aromatic N) is 4. The molecule has 2 rings (SSSR count). The number of imidazole rings is 1. The summed E-state index contributed by atoms with van der Waals surface area (Å²) in [7, 11) is 1.72. The van der Waals surface area contributed by atoms with Crippen molar-refractivity contribution in [1.82, 2.24) is 14.5 Å². The van der Waals surface area contributed by atoms with E-state index in [1.165, 1.54) is 6.20 Å². The molecule has 0 aliphatic carbocycles. The highest BCUT2D eigenvalue weighted by atomic mass is 16.1. The lowest BCUT2D eigenvalue weighted by atomic mass is 10.0. The molecule has 0 saturated carbocycles. The van der Waals surface area contributed by atoms with Crippen LogP contribution in [0, 0.1) is 11.3 Å². The lowest BCUT2D eigenvalue weighted by molar-refractivity contribution is 0.0964. The Labute approximate surface area is 98.4 Å². The van der Waals surface area contributed by atoms with Gasteiger partial charge in [-0.15, -0.1) is 0 Å². The van der Waals surface area contributed by atoms with Gasteiger partial charge in [0.05, 0.1) is 11.8 Å². The van der Waals surface area contributed by atoms with Crippen molar-refractivity contribution in [3.63, 3.8) is 0 Å². The number of carbonyl (C=O) groups is 1. The molecule has 0 unspecified atom stereocenters. The Morgan fingerprint density at radius 3 is 2.76 bits per heavy atom. The van der Waals surface area contributed by atoms with Gasteiger partial charge in [-0.1, -0.05) is 6.07 Å². The lowest BCUT2D eigenvalue weighted by Gasteiger charge is -2.06. The van der Waals surface area contributed by atoms with E-state index in [1.54, 1.807) is 42.2 Å². The largest absolute Gasteiger partial charge is 0.332 e. The Bertz CT molecular complexity index is 568. The smallest absolute Gasteiger partial charge is 0.221 e. The zero-order chi connectivity index (χ0) is 12.3. The number of aryl methyl sites for hydroxylation is 1. The highest BCUT2D eigenvalue weighted by molar-refractivity contribution is 5.99. The van der Waals surface area contributed by atoms with Gasteiger partial charge in [0.2, 0.25) is 5.78 Å². The predicted molar refractivity (Wildman–Crippen MR) is 60.1 cm³/mol. The number of carbonyl (C=O) groups excluding carboxylic acids is 1. The van der Waals surface area contributed by atoms with Gasteiger partial charge in [-0.25, -0.2) is 4.98 Å². The van der Waals surface area contributed by atoms with Crippen molar-refractivity contribution in [1.29, 1.82) is 5.26 Å². The summed E-state index contributed by atoms with van der Waals surface area (Å²) >= 11 is 0. The number of nitriles is 1. The molecule has 0 fully saturated rings. The molecular weight excluding hydrogens is 216 g/mol. The van der Waals surface area contributed by atoms with Crippen LogP contribution < -0.4 is 0 Å². The van der Waals surface area contributed by atoms with E-state index in [1.807, 2.05) is 6.07 Å². The van der Waals surface area contributed by atoms with Crippen molar-refractivity contribution < 1.29 is 4.79 Å². The number of pyridine rings is 1. The van der Waals surface area contributed by atoms with Crippen LogP contribution in [0.15, 0.2) is 36.8 Å². The Hall–Kier alpha value is -2.48. The number of aromatic nitrogens is 3. The van der Waals surface area contributed by atoms with E-state index in [9.17, 15) is 4.79 Å². The first-order valence-electron chi connectivity index (χ1n) is 5.06. The van der Waals surface area contributed by atoms with Crippen LogP contribution in [0.2, 0.25) is 0 Å². The summed E-state index contributed by atoms with van der Waals surface area (Å²) in [5, 5.41) is 9.09. The fourth-order valence-corrected chi connectivity index (χ4v) is 1.54. The third-order valence-electron chi connectivity index (χ3n) is 2.42. The minimum Gasteiger partial charge on any atom is -0.332 e. The van der Waals surface area contributed by atoms with E-state index < -0.39 is 5.92 Å². The van der Waals surface area contributed by atoms with Gasteiger partial charge in [-0.05, 0) is 12.1 Å². The topological polar surface area (TPSA) is 71.6 Å². The summed E-state index contributed by atoms with van der Waals surface area (Å²) in [4.78, 5) is 20.1. The minimum atomic E-state index is -0.905. The first kappa shape index (κ1) is 11.0. The molecule has 0 aliphatic rings. The molecule has 0 N–H and O–H groups in total. The van der Waals surface area contributed by atoms with Gasteiger partial charge in [0.25, 0.3) is 0 Å². The second-order valence-electron chi connectivity index (χ2n) is 3.54. The number of ketones is 1. The molecule has 5 nitrogen and oxygen atoms in total. The standard InChI is InChI=1S/C12H10N4O/c1-16-7-6-15-12(16)11(17)9(8-13)10-4-2-3-5-14-10/h2-7,9H,1H3/t9-/m1/s1. The number of hydrogen-bond donors (Lipinski definition) is 0. The molecule has 2 heterocycles. The zero-order valence-electron chi connectivity index (χ0n) is 9.24. The molecule has 17 heavy (non-hydrogen) atoms. The summed E-state index contributed by atoms with van der Waals surface area (Å²) in [5.74, 6) is -0.974. The molecule has 0 aromatic carbocycles. The van der Waals surface area contributed by atoms with E-state index in [0.717, 1.165) is 0 Å². The van der Waals surface area contributed by atoms with Crippen LogP contribution in [-0.2, 0) is 7.05 Å². The fourth-order valence-electron chi connectivity index (χ4n) is 1.54. The van der Waals surface area contributed by atoms with Gasteiger partial charge in [0.1, 0.15) is 0 Å². The van der Waals surface area contributed by atoms with Gasteiger partial charge in [0.15, 0.2) is 11.7 Å². The third kappa shape index (κ3) is 2.06. The zero-order valence-corrected chi connectivity index (χ0v) is 9.24. The van der Waals surface area contributed by atoms with Crippen LogP contribution in [0.3, 0.4) is 0 Å². The first-order chi connectivity index (χ1) is 8.24. The molecule has 2 aromatic heterocycles. The van der Waals surface area contributed by atoms with Crippen LogP contribution in [0.4, 0.5) is 0 Å². The molecule has 0 saturated heterocycles. The van der Waals surface area contributed by atoms with Crippen LogP contribution in [-0.4, -0.2) is 20.3 Å². The molecule has 0 aliphatic heterocycles. The third-order valence-corrected chi connectivity index (χ3v) is 2.42. The van der Waals surface area contributed by atoms with Crippen LogP contribution in [0.1, 0.15) is 22.2 Å². The monoisotopic (exact) mass is 226 g/mol. The first-order valence-corrected chi connectivity index (χ1v) is 5.06. The van der Waals surface area contributed by atoms with Gasteiger partial charge in [0, 0.05) is 25.6 Å². The second-order valence-corrected chi connectivity index (χ2v) is 3.54. The molecule has 0 bridgehead atoms. The van der Waals surface area contributed by atoms with Crippen molar-refractivity contribution in [2.75, 3.05) is 0 Å². The minimum absolute atomic E-state index is 0.266. The molecule has 2 aromatic rings. The quantitative estimate of drug-likeness (QED) is 0.739. The average molecular weight is 226 g/mol. The maximum absolute atomic E-state index is 12.1. The van der Waals surface area contributed by atoms with Crippen molar-refractivity contribution in [2.24, 2.45) is 7.05 Å². The Kier molecular flexibility index (Phi) is 2.97. The fraction of sp³-hybridized carbons (Fsp3) is 0.167. The molecule has 0 radical (unpaired) electrons. The van der Waals surface area contributed by atoms with E-state index >= 15 is 0 Å². The molecule has 0 spiro atoms. The Balaban J connectivity index is 2.36. The summed E-state index contributed by atoms with van der Waals surface area (Å²) in [6, 6.07) is 7.12. The molecule has 1 atom stereocenters. The summed E-state index contributed by atoms with van der Waals surface area (Å²) in [5.41, 5.74) is 0.447. The molecule has 84 valence electrons. The van der Waals surface area contributed by atoms with Crippen molar-refractivity contribution >= 4 is 5.78 Å². The van der Waals surface area contributed by atoms with Crippen LogP contribution in [0.5, 0.6) is 0 Å². The second kappa shape index (κ2) is 4.58. The maximum Gasteiger partial charge on any atom is 0.221 e. The molecule has 0 amide bonds. The summed E-state index contributed by atoms with van der Waals surface area (Å²) in [6.07, 6.45) is 4.76. The molecule has 5 heteroatoms. The van der Waals surface area contributed by atoms with Gasteiger partial charge in [-0.3, -0.25) is 9.78 Å². The van der Waals surface area contributed by atoms with E-state index in [-0.39, 0.29) is 11.6 Å². The number of Topliss-reactive ketones (excluding diaryl/α,β-unsaturated/α-hetero) is 1. The van der Waals surface area contributed by atoms with Crippen molar-refractivity contribution in [3.05, 3.63) is 48.3 Å².